The van der Waals surface area contributed by atoms with Gasteiger partial charge in [-0.15, -0.1) is 0 Å². The highest BCUT2D eigenvalue weighted by atomic mass is 16.6. The standard InChI is InChI=1S/C20H27N3O5/c1-20(2,3)28-19(25)23-8-6-5-7-13(23)11-27-16-10-14(26-4)9-15-17(16)18(24)22-12-21-15/h9-10,12-13H,5-8,11H2,1-4H3,(H,21,22,24)/t13-/m1/s1. The van der Waals surface area contributed by atoms with Crippen LogP contribution in [0.3, 0.4) is 0 Å². The van der Waals surface area contributed by atoms with E-state index in [1.165, 1.54) is 6.33 Å². The maximum Gasteiger partial charge on any atom is 0.410 e. The SMILES string of the molecule is COc1cc(OC[C@H]2CCCCN2C(=O)OC(C)(C)C)c2c(=O)[nH]cnc2c1. The number of aromatic amines is 1. The van der Waals surface area contributed by atoms with Gasteiger partial charge in [0.15, 0.2) is 0 Å². The third kappa shape index (κ3) is 4.55. The van der Waals surface area contributed by atoms with Crippen LogP contribution in [0.25, 0.3) is 10.9 Å². The van der Waals surface area contributed by atoms with Gasteiger partial charge >= 0.3 is 6.09 Å². The molecular formula is C20H27N3O5. The summed E-state index contributed by atoms with van der Waals surface area (Å²) in [4.78, 5) is 33.3. The highest BCUT2D eigenvalue weighted by Gasteiger charge is 2.31. The second kappa shape index (κ2) is 8.08. The molecule has 3 rings (SSSR count). The molecule has 1 amide bonds. The van der Waals surface area contributed by atoms with Crippen molar-refractivity contribution < 1.29 is 19.0 Å². The number of nitrogens with one attached hydrogen (secondary N) is 1. The van der Waals surface area contributed by atoms with Gasteiger partial charge in [0, 0.05) is 18.7 Å². The lowest BCUT2D eigenvalue weighted by atomic mass is 10.0. The summed E-state index contributed by atoms with van der Waals surface area (Å²) in [7, 11) is 1.55. The first kappa shape index (κ1) is 20.0. The number of hydrogen-bond donors (Lipinski definition) is 1. The Bertz CT molecular complexity index is 903. The number of hydrogen-bond acceptors (Lipinski definition) is 6. The number of methoxy groups -OCH3 is 1. The van der Waals surface area contributed by atoms with E-state index in [2.05, 4.69) is 9.97 Å². The maximum absolute atomic E-state index is 12.6. The smallest absolute Gasteiger partial charge is 0.410 e. The van der Waals surface area contributed by atoms with E-state index in [0.717, 1.165) is 19.3 Å². The fourth-order valence-corrected chi connectivity index (χ4v) is 3.29. The molecule has 0 bridgehead atoms. The highest BCUT2D eigenvalue weighted by molar-refractivity contribution is 5.85. The van der Waals surface area contributed by atoms with Gasteiger partial charge in [0.1, 0.15) is 29.1 Å². The molecular weight excluding hydrogens is 362 g/mol. The van der Waals surface area contributed by atoms with Crippen LogP contribution < -0.4 is 15.0 Å². The summed E-state index contributed by atoms with van der Waals surface area (Å²) >= 11 is 0. The minimum absolute atomic E-state index is 0.124. The van der Waals surface area contributed by atoms with Gasteiger partial charge in [0.05, 0.1) is 25.0 Å². The first-order chi connectivity index (χ1) is 13.3. The Balaban J connectivity index is 1.82. The summed E-state index contributed by atoms with van der Waals surface area (Å²) in [5.41, 5.74) is -0.344. The molecule has 1 saturated heterocycles. The van der Waals surface area contributed by atoms with Gasteiger partial charge in [0.2, 0.25) is 0 Å². The zero-order valence-electron chi connectivity index (χ0n) is 16.8. The second-order valence-corrected chi connectivity index (χ2v) is 7.89. The molecule has 0 spiro atoms. The lowest BCUT2D eigenvalue weighted by molar-refractivity contribution is 0.00368. The molecule has 1 atom stereocenters. The van der Waals surface area contributed by atoms with E-state index in [0.29, 0.717) is 28.9 Å². The summed E-state index contributed by atoms with van der Waals surface area (Å²) in [5.74, 6) is 0.937. The molecule has 2 aromatic rings. The van der Waals surface area contributed by atoms with E-state index < -0.39 is 5.60 Å². The van der Waals surface area contributed by atoms with Crippen molar-refractivity contribution in [2.75, 3.05) is 20.3 Å². The van der Waals surface area contributed by atoms with E-state index in [1.54, 1.807) is 24.1 Å². The average molecular weight is 389 g/mol. The predicted octanol–water partition coefficient (Wildman–Crippen LogP) is 3.10. The summed E-state index contributed by atoms with van der Waals surface area (Å²) < 4.78 is 16.8. The fourth-order valence-electron chi connectivity index (χ4n) is 3.29. The summed E-state index contributed by atoms with van der Waals surface area (Å²) in [6, 6.07) is 3.23. The first-order valence-electron chi connectivity index (χ1n) is 9.46. The molecule has 1 N–H and O–H groups in total. The molecule has 1 aromatic heterocycles. The lowest BCUT2D eigenvalue weighted by Gasteiger charge is -2.36. The molecule has 0 radical (unpaired) electrons. The van der Waals surface area contributed by atoms with E-state index in [-0.39, 0.29) is 24.3 Å². The highest BCUT2D eigenvalue weighted by Crippen LogP contribution is 2.29. The molecule has 1 aliphatic rings. The predicted molar refractivity (Wildman–Crippen MR) is 105 cm³/mol. The third-order valence-electron chi connectivity index (χ3n) is 4.60. The Kier molecular flexibility index (Phi) is 5.76. The number of nitrogens with zero attached hydrogens (tertiary/aromatic N) is 2. The monoisotopic (exact) mass is 389 g/mol. The van der Waals surface area contributed by atoms with Crippen LogP contribution in [-0.2, 0) is 4.74 Å². The topological polar surface area (TPSA) is 93.7 Å². The minimum Gasteiger partial charge on any atom is -0.497 e. The van der Waals surface area contributed by atoms with Crippen LogP contribution in [-0.4, -0.2) is 52.9 Å². The number of amides is 1. The van der Waals surface area contributed by atoms with Crippen LogP contribution in [0, 0.1) is 0 Å². The molecule has 0 unspecified atom stereocenters. The van der Waals surface area contributed by atoms with Crippen LogP contribution in [0.15, 0.2) is 23.3 Å². The number of benzene rings is 1. The number of fused-ring (bicyclic) bond motifs is 1. The van der Waals surface area contributed by atoms with Gasteiger partial charge < -0.3 is 24.1 Å². The quantitative estimate of drug-likeness (QED) is 0.864. The van der Waals surface area contributed by atoms with Crippen LogP contribution in [0.1, 0.15) is 40.0 Å². The number of carbonyl (C=O) groups excluding carboxylic acids is 1. The van der Waals surface area contributed by atoms with Crippen LogP contribution in [0.4, 0.5) is 4.79 Å². The van der Waals surface area contributed by atoms with Crippen molar-refractivity contribution >= 4 is 17.0 Å². The van der Waals surface area contributed by atoms with Gasteiger partial charge in [-0.2, -0.15) is 0 Å². The molecule has 1 aromatic carbocycles. The zero-order chi connectivity index (χ0) is 20.3. The number of likely N-dealkylation sites (tertiary alicyclic amines) is 1. The number of rotatable bonds is 4. The number of H-pyrrole nitrogens is 1. The van der Waals surface area contributed by atoms with Crippen molar-refractivity contribution in [3.8, 4) is 11.5 Å². The van der Waals surface area contributed by atoms with E-state index in [4.69, 9.17) is 14.2 Å². The summed E-state index contributed by atoms with van der Waals surface area (Å²) in [6.45, 7) is 6.44. The molecule has 0 aliphatic carbocycles. The van der Waals surface area contributed by atoms with Gasteiger partial charge in [0.25, 0.3) is 5.56 Å². The molecule has 8 heteroatoms. The van der Waals surface area contributed by atoms with Crippen molar-refractivity contribution in [3.05, 3.63) is 28.8 Å². The number of aromatic nitrogens is 2. The number of ether oxygens (including phenoxy) is 3. The molecule has 1 fully saturated rings. The third-order valence-corrected chi connectivity index (χ3v) is 4.60. The first-order valence-corrected chi connectivity index (χ1v) is 9.46. The maximum atomic E-state index is 12.6. The van der Waals surface area contributed by atoms with Crippen molar-refractivity contribution in [2.24, 2.45) is 0 Å². The molecule has 1 aliphatic heterocycles. The normalized spacial score (nSPS) is 17.4. The number of carbonyl (C=O) groups is 1. The Labute approximate surface area is 163 Å². The van der Waals surface area contributed by atoms with Crippen molar-refractivity contribution in [1.82, 2.24) is 14.9 Å². The molecule has 28 heavy (non-hydrogen) atoms. The summed E-state index contributed by atoms with van der Waals surface area (Å²) in [5, 5.41) is 0.364. The van der Waals surface area contributed by atoms with Crippen LogP contribution >= 0.6 is 0 Å². The second-order valence-electron chi connectivity index (χ2n) is 7.89. The molecule has 0 saturated carbocycles. The molecule has 8 nitrogen and oxygen atoms in total. The van der Waals surface area contributed by atoms with Crippen LogP contribution in [0.2, 0.25) is 0 Å². The Morgan fingerprint density at radius 2 is 2.11 bits per heavy atom. The fraction of sp³-hybridized carbons (Fsp3) is 0.550. The van der Waals surface area contributed by atoms with E-state index in [1.807, 2.05) is 20.8 Å². The largest absolute Gasteiger partial charge is 0.497 e. The lowest BCUT2D eigenvalue weighted by Crippen LogP contribution is -2.48. The van der Waals surface area contributed by atoms with Gasteiger partial charge in [-0.1, -0.05) is 0 Å². The van der Waals surface area contributed by atoms with E-state index >= 15 is 0 Å². The Morgan fingerprint density at radius 3 is 2.82 bits per heavy atom. The van der Waals surface area contributed by atoms with Gasteiger partial charge in [-0.3, -0.25) is 4.79 Å². The zero-order valence-corrected chi connectivity index (χ0v) is 16.8. The summed E-state index contributed by atoms with van der Waals surface area (Å²) in [6.07, 6.45) is 3.76. The minimum atomic E-state index is -0.554. The van der Waals surface area contributed by atoms with Crippen LogP contribution in [0.5, 0.6) is 11.5 Å². The Morgan fingerprint density at radius 1 is 1.32 bits per heavy atom. The van der Waals surface area contributed by atoms with Crippen molar-refractivity contribution in [3.63, 3.8) is 0 Å². The van der Waals surface area contributed by atoms with E-state index in [9.17, 15) is 9.59 Å². The molecule has 152 valence electrons. The average Bonchev–Trinajstić information content (AvgIpc) is 2.64. The number of piperidine rings is 1. The van der Waals surface area contributed by atoms with Gasteiger partial charge in [-0.05, 0) is 40.0 Å². The Hall–Kier alpha value is -2.77. The van der Waals surface area contributed by atoms with Crippen molar-refractivity contribution in [2.45, 2.75) is 51.7 Å². The van der Waals surface area contributed by atoms with Gasteiger partial charge in [-0.25, -0.2) is 9.78 Å². The van der Waals surface area contributed by atoms with Crippen molar-refractivity contribution in [1.29, 1.82) is 0 Å². The molecule has 2 heterocycles.